The summed E-state index contributed by atoms with van der Waals surface area (Å²) in [7, 11) is -4.45. The van der Waals surface area contributed by atoms with Crippen LogP contribution in [0.15, 0.2) is 35.2 Å². The largest absolute Gasteiger partial charge is 1.00 e. The van der Waals surface area contributed by atoms with E-state index < -0.39 is 10.1 Å². The fourth-order valence-corrected chi connectivity index (χ4v) is 6.46. The Hall–Kier alpha value is -0.390. The van der Waals surface area contributed by atoms with Crippen LogP contribution in [0.5, 0.6) is 0 Å². The molecule has 0 heterocycles. The summed E-state index contributed by atoms with van der Waals surface area (Å²) in [6, 6.07) is 9.40. The van der Waals surface area contributed by atoms with Crippen LogP contribution in [0.1, 0.15) is 166 Å². The van der Waals surface area contributed by atoms with Crippen LogP contribution in [0.4, 0.5) is 0 Å². The number of aryl methyl sites for hydroxylation is 2. The first-order chi connectivity index (χ1) is 19.5. The van der Waals surface area contributed by atoms with E-state index in [4.69, 9.17) is 0 Å². The summed E-state index contributed by atoms with van der Waals surface area (Å²) in [4.78, 5) is -0.113. The zero-order valence-corrected chi connectivity index (χ0v) is 29.8. The topological polar surface area (TPSA) is 57.2 Å². The second-order valence-electron chi connectivity index (χ2n) is 12.2. The molecule has 0 saturated carbocycles. The van der Waals surface area contributed by atoms with Crippen LogP contribution in [0, 0.1) is 0 Å². The van der Waals surface area contributed by atoms with Crippen LogP contribution in [0.3, 0.4) is 0 Å². The van der Waals surface area contributed by atoms with Crippen molar-refractivity contribution in [2.75, 3.05) is 0 Å². The summed E-state index contributed by atoms with van der Waals surface area (Å²) >= 11 is 0. The molecular formula is C36H59NaO3S. The molecule has 0 N–H and O–H groups in total. The molecule has 41 heavy (non-hydrogen) atoms. The van der Waals surface area contributed by atoms with Gasteiger partial charge in [-0.15, -0.1) is 0 Å². The predicted molar refractivity (Wildman–Crippen MR) is 172 cm³/mol. The second-order valence-corrected chi connectivity index (χ2v) is 13.5. The maximum Gasteiger partial charge on any atom is 1.00 e. The minimum atomic E-state index is -4.45. The van der Waals surface area contributed by atoms with E-state index >= 15 is 0 Å². The molecule has 5 heteroatoms. The van der Waals surface area contributed by atoms with Crippen molar-refractivity contribution < 1.29 is 42.5 Å². The number of fused-ring (bicyclic) bond motifs is 1. The Kier molecular flexibility index (Phi) is 22.6. The molecule has 0 fully saturated rings. The minimum absolute atomic E-state index is 0. The van der Waals surface area contributed by atoms with Gasteiger partial charge in [0.15, 0.2) is 0 Å². The predicted octanol–water partition coefficient (Wildman–Crippen LogP) is 8.45. The van der Waals surface area contributed by atoms with Crippen LogP contribution >= 0.6 is 0 Å². The van der Waals surface area contributed by atoms with Gasteiger partial charge in [0.05, 0.1) is 4.90 Å². The van der Waals surface area contributed by atoms with E-state index in [1.54, 1.807) is 6.07 Å². The summed E-state index contributed by atoms with van der Waals surface area (Å²) < 4.78 is 35.1. The van der Waals surface area contributed by atoms with Crippen molar-refractivity contribution in [2.45, 2.75) is 173 Å². The molecule has 0 aromatic heterocycles. The zero-order valence-electron chi connectivity index (χ0n) is 27.0. The Morgan fingerprint density at radius 3 is 1.39 bits per heavy atom. The Balaban J connectivity index is 0.00000840. The Morgan fingerprint density at radius 2 is 0.951 bits per heavy atom. The molecule has 0 aliphatic rings. The van der Waals surface area contributed by atoms with Crippen molar-refractivity contribution in [1.82, 2.24) is 0 Å². The molecule has 3 nitrogen and oxygen atoms in total. The summed E-state index contributed by atoms with van der Waals surface area (Å²) in [5.74, 6) is 0. The first kappa shape index (κ1) is 38.6. The summed E-state index contributed by atoms with van der Waals surface area (Å²) in [6.07, 6.45) is 31.3. The quantitative estimate of drug-likeness (QED) is 0.0658. The first-order valence-corrected chi connectivity index (χ1v) is 18.4. The van der Waals surface area contributed by atoms with Crippen molar-refractivity contribution in [3.63, 3.8) is 0 Å². The molecule has 0 radical (unpaired) electrons. The Labute approximate surface area is 276 Å². The van der Waals surface area contributed by atoms with Gasteiger partial charge in [0.1, 0.15) is 10.1 Å². The minimum Gasteiger partial charge on any atom is -0.744 e. The van der Waals surface area contributed by atoms with E-state index in [0.29, 0.717) is 0 Å². The van der Waals surface area contributed by atoms with Gasteiger partial charge in [0.2, 0.25) is 0 Å². The average molecular weight is 595 g/mol. The van der Waals surface area contributed by atoms with Gasteiger partial charge < -0.3 is 4.55 Å². The third-order valence-electron chi connectivity index (χ3n) is 8.48. The van der Waals surface area contributed by atoms with E-state index in [0.717, 1.165) is 30.0 Å². The monoisotopic (exact) mass is 594 g/mol. The molecule has 0 atom stereocenters. The van der Waals surface area contributed by atoms with Crippen molar-refractivity contribution in [1.29, 1.82) is 0 Å². The van der Waals surface area contributed by atoms with Crippen molar-refractivity contribution >= 4 is 20.9 Å². The van der Waals surface area contributed by atoms with E-state index in [1.165, 1.54) is 152 Å². The molecule has 2 rings (SSSR count). The fourth-order valence-electron chi connectivity index (χ4n) is 5.96. The van der Waals surface area contributed by atoms with Gasteiger partial charge in [-0.3, -0.25) is 0 Å². The maximum atomic E-state index is 11.7. The number of rotatable bonds is 25. The van der Waals surface area contributed by atoms with Gasteiger partial charge in [0, 0.05) is 0 Å². The van der Waals surface area contributed by atoms with Crippen molar-refractivity contribution in [3.05, 3.63) is 41.5 Å². The normalized spacial score (nSPS) is 11.7. The number of hydrogen-bond acceptors (Lipinski definition) is 3. The van der Waals surface area contributed by atoms with Gasteiger partial charge in [-0.2, -0.15) is 0 Å². The zero-order chi connectivity index (χ0) is 28.9. The Morgan fingerprint density at radius 1 is 0.537 bits per heavy atom. The second kappa shape index (κ2) is 24.0. The van der Waals surface area contributed by atoms with Gasteiger partial charge in [0.25, 0.3) is 0 Å². The van der Waals surface area contributed by atoms with Crippen LogP contribution in [0.25, 0.3) is 10.8 Å². The molecule has 0 aliphatic carbocycles. The molecule has 0 aliphatic heterocycles. The molecule has 0 saturated heterocycles. The number of unbranched alkanes of at least 4 members (excludes halogenated alkanes) is 20. The van der Waals surface area contributed by atoms with E-state index in [9.17, 15) is 13.0 Å². The summed E-state index contributed by atoms with van der Waals surface area (Å²) in [5, 5.41) is 2.00. The van der Waals surface area contributed by atoms with Gasteiger partial charge in [-0.25, -0.2) is 8.42 Å². The molecular weight excluding hydrogens is 535 g/mol. The third kappa shape index (κ3) is 17.5. The standard InChI is InChI=1S/C36H60O3S.Na/c1-3-5-7-9-11-13-15-17-19-21-23-25-32-29-33(26-24-22-20-18-16-14-12-10-8-6-4-2)36-31-35(40(37,38)39)28-27-34(36)30-32;/h27-31H,3-26H2,1-2H3,(H,37,38,39);/q;+1/p-1. The number of benzene rings is 2. The molecule has 0 amide bonds. The molecule has 2 aromatic carbocycles. The van der Waals surface area contributed by atoms with E-state index in [1.807, 2.05) is 6.07 Å². The average Bonchev–Trinajstić information content (AvgIpc) is 2.93. The molecule has 0 spiro atoms. The Bertz CT molecular complexity index is 1030. The molecule has 228 valence electrons. The first-order valence-electron chi connectivity index (χ1n) is 17.0. The van der Waals surface area contributed by atoms with Gasteiger partial charge in [-0.1, -0.05) is 160 Å². The molecule has 2 aromatic rings. The van der Waals surface area contributed by atoms with E-state index in [-0.39, 0.29) is 34.5 Å². The summed E-state index contributed by atoms with van der Waals surface area (Å²) in [6.45, 7) is 4.54. The van der Waals surface area contributed by atoms with Gasteiger partial charge >= 0.3 is 29.6 Å². The fraction of sp³-hybridized carbons (Fsp3) is 0.722. The van der Waals surface area contributed by atoms with Crippen molar-refractivity contribution in [3.8, 4) is 0 Å². The maximum absolute atomic E-state index is 11.7. The van der Waals surface area contributed by atoms with Gasteiger partial charge in [-0.05, 0) is 59.7 Å². The van der Waals surface area contributed by atoms with Crippen LogP contribution in [-0.2, 0) is 23.0 Å². The van der Waals surface area contributed by atoms with Crippen LogP contribution < -0.4 is 29.6 Å². The third-order valence-corrected chi connectivity index (χ3v) is 9.31. The number of hydrogen-bond donors (Lipinski definition) is 0. The SMILES string of the molecule is CCCCCCCCCCCCCc1cc(CCCCCCCCCCCCC)c2cc(S(=O)(=O)[O-])ccc2c1.[Na+]. The smallest absolute Gasteiger partial charge is 0.744 e. The molecule has 0 unspecified atom stereocenters. The van der Waals surface area contributed by atoms with Crippen LogP contribution in [-0.4, -0.2) is 13.0 Å². The van der Waals surface area contributed by atoms with E-state index in [2.05, 4.69) is 26.0 Å². The van der Waals surface area contributed by atoms with Crippen LogP contribution in [0.2, 0.25) is 0 Å². The van der Waals surface area contributed by atoms with Crippen molar-refractivity contribution in [2.24, 2.45) is 0 Å². The molecule has 0 bridgehead atoms. The summed E-state index contributed by atoms with van der Waals surface area (Å²) in [5.41, 5.74) is 2.55.